The molecule has 1 atom stereocenters. The van der Waals surface area contributed by atoms with Crippen molar-refractivity contribution in [3.8, 4) is 6.07 Å². The van der Waals surface area contributed by atoms with Crippen LogP contribution in [0.15, 0.2) is 71.2 Å². The topological polar surface area (TPSA) is 123 Å². The van der Waals surface area contributed by atoms with E-state index in [-0.39, 0.29) is 28.4 Å². The maximum Gasteiger partial charge on any atom is 0.355 e. The molecule has 1 aliphatic carbocycles. The van der Waals surface area contributed by atoms with Gasteiger partial charge in [0.1, 0.15) is 11.5 Å². The fourth-order valence-electron chi connectivity index (χ4n) is 4.79. The van der Waals surface area contributed by atoms with Gasteiger partial charge < -0.3 is 15.2 Å². The molecular weight excluding hydrogens is 446 g/mol. The van der Waals surface area contributed by atoms with E-state index in [1.54, 1.807) is 48.5 Å². The predicted octanol–water partition coefficient (Wildman–Crippen LogP) is 3.49. The minimum Gasteiger partial charge on any atom is -0.466 e. The van der Waals surface area contributed by atoms with E-state index in [2.05, 4.69) is 6.07 Å². The number of rotatable bonds is 4. The number of ether oxygens (including phenoxy) is 2. The van der Waals surface area contributed by atoms with E-state index in [9.17, 15) is 19.6 Å². The number of allylic oxidation sites excluding steroid dienone is 1. The van der Waals surface area contributed by atoms with Crippen molar-refractivity contribution in [1.82, 2.24) is 0 Å². The van der Waals surface area contributed by atoms with Crippen LogP contribution in [-0.4, -0.2) is 31.9 Å². The molecule has 0 amide bonds. The van der Waals surface area contributed by atoms with E-state index in [1.807, 2.05) is 0 Å². The van der Waals surface area contributed by atoms with E-state index in [0.717, 1.165) is 12.8 Å². The maximum absolute atomic E-state index is 13.2. The van der Waals surface area contributed by atoms with Gasteiger partial charge in [-0.15, -0.1) is 0 Å². The molecule has 0 radical (unpaired) electrons. The zero-order valence-electron chi connectivity index (χ0n) is 19.5. The Morgan fingerprint density at radius 2 is 1.69 bits per heavy atom. The third kappa shape index (κ3) is 4.06. The third-order valence-corrected chi connectivity index (χ3v) is 6.38. The number of hydrogen-bond acceptors (Lipinski definition) is 8. The Hall–Kier alpha value is -4.38. The average molecular weight is 472 g/mol. The molecule has 2 aliphatic rings. The van der Waals surface area contributed by atoms with Crippen LogP contribution in [0.3, 0.4) is 0 Å². The lowest BCUT2D eigenvalue weighted by Gasteiger charge is -2.37. The number of Topliss-reactive ketones (excluding diaryl/α,β-unsaturated/α-hetero) is 1. The quantitative estimate of drug-likeness (QED) is 0.531. The summed E-state index contributed by atoms with van der Waals surface area (Å²) in [5, 5.41) is 10.2. The highest BCUT2D eigenvalue weighted by Gasteiger charge is 2.43. The van der Waals surface area contributed by atoms with E-state index < -0.39 is 17.9 Å². The smallest absolute Gasteiger partial charge is 0.355 e. The Balaban J connectivity index is 2.08. The largest absolute Gasteiger partial charge is 0.466 e. The van der Waals surface area contributed by atoms with Crippen LogP contribution in [-0.2, 0) is 25.5 Å². The zero-order valence-corrected chi connectivity index (χ0v) is 19.5. The molecule has 1 aliphatic heterocycles. The zero-order chi connectivity index (χ0) is 25.1. The summed E-state index contributed by atoms with van der Waals surface area (Å²) in [7, 11) is 2.41. The molecule has 1 heterocycles. The van der Waals surface area contributed by atoms with Crippen molar-refractivity contribution in [3.63, 3.8) is 0 Å². The number of anilines is 1. The number of ketones is 1. The lowest BCUT2D eigenvalue weighted by molar-refractivity contribution is -0.139. The molecule has 178 valence electrons. The number of methoxy groups -OCH3 is 2. The SMILES string of the molecule is COC(=O)C1=C(C(=O)OC)N(c2cccc3c2CCCCC3=O)C(N)=C(C#N)C1c1ccccc1. The standard InChI is InChI=1S/C27H25N3O5/c1-34-26(32)23-22(16-9-4-3-5-10-16)19(15-28)25(29)30(24(23)27(33)35-2)20-13-8-12-18-17(20)11-6-7-14-21(18)31/h3-5,8-10,12-13,22H,6-7,11,14,29H2,1-2H3. The Bertz CT molecular complexity index is 1300. The molecule has 35 heavy (non-hydrogen) atoms. The summed E-state index contributed by atoms with van der Waals surface area (Å²) >= 11 is 0. The summed E-state index contributed by atoms with van der Waals surface area (Å²) in [6.07, 6.45) is 2.51. The lowest BCUT2D eigenvalue weighted by Crippen LogP contribution is -2.41. The van der Waals surface area contributed by atoms with Crippen LogP contribution >= 0.6 is 0 Å². The molecule has 0 aromatic heterocycles. The van der Waals surface area contributed by atoms with Crippen molar-refractivity contribution in [1.29, 1.82) is 5.26 Å². The van der Waals surface area contributed by atoms with Crippen LogP contribution in [0.1, 0.15) is 46.7 Å². The first kappa shape index (κ1) is 23.8. The first-order chi connectivity index (χ1) is 16.9. The molecule has 0 fully saturated rings. The van der Waals surface area contributed by atoms with Gasteiger partial charge in [0, 0.05) is 12.0 Å². The average Bonchev–Trinajstić information content (AvgIpc) is 3.08. The van der Waals surface area contributed by atoms with Gasteiger partial charge in [-0.3, -0.25) is 9.69 Å². The number of benzene rings is 2. The summed E-state index contributed by atoms with van der Waals surface area (Å²) in [6, 6.07) is 16.1. The van der Waals surface area contributed by atoms with Crippen molar-refractivity contribution in [2.75, 3.05) is 19.1 Å². The summed E-state index contributed by atoms with van der Waals surface area (Å²) in [5.74, 6) is -2.56. The second-order valence-electron chi connectivity index (χ2n) is 8.27. The number of carbonyl (C=O) groups is 3. The first-order valence-electron chi connectivity index (χ1n) is 11.2. The van der Waals surface area contributed by atoms with Crippen molar-refractivity contribution < 1.29 is 23.9 Å². The normalized spacial score (nSPS) is 17.9. The highest BCUT2D eigenvalue weighted by atomic mass is 16.5. The number of esters is 2. The maximum atomic E-state index is 13.2. The van der Waals surface area contributed by atoms with Crippen LogP contribution in [0.4, 0.5) is 5.69 Å². The van der Waals surface area contributed by atoms with Crippen molar-refractivity contribution in [2.24, 2.45) is 5.73 Å². The second kappa shape index (κ2) is 9.85. The Labute approximate surface area is 203 Å². The van der Waals surface area contributed by atoms with E-state index in [4.69, 9.17) is 15.2 Å². The van der Waals surface area contributed by atoms with Gasteiger partial charge in [0.2, 0.25) is 0 Å². The molecular formula is C27H25N3O5. The molecule has 8 heteroatoms. The molecule has 0 saturated heterocycles. The van der Waals surface area contributed by atoms with Gasteiger partial charge in [0.25, 0.3) is 0 Å². The summed E-state index contributed by atoms with van der Waals surface area (Å²) in [4.78, 5) is 40.6. The van der Waals surface area contributed by atoms with Crippen molar-refractivity contribution in [3.05, 3.63) is 87.9 Å². The van der Waals surface area contributed by atoms with Gasteiger partial charge in [-0.25, -0.2) is 9.59 Å². The third-order valence-electron chi connectivity index (χ3n) is 6.38. The van der Waals surface area contributed by atoms with Crippen LogP contribution in [0.25, 0.3) is 0 Å². The first-order valence-corrected chi connectivity index (χ1v) is 11.2. The fourth-order valence-corrected chi connectivity index (χ4v) is 4.79. The van der Waals surface area contributed by atoms with Crippen molar-refractivity contribution >= 4 is 23.4 Å². The molecule has 1 unspecified atom stereocenters. The van der Waals surface area contributed by atoms with Crippen LogP contribution in [0, 0.1) is 11.3 Å². The van der Waals surface area contributed by atoms with Crippen molar-refractivity contribution in [2.45, 2.75) is 31.6 Å². The predicted molar refractivity (Wildman–Crippen MR) is 128 cm³/mol. The minimum absolute atomic E-state index is 0.00151. The van der Waals surface area contributed by atoms with Gasteiger partial charge in [-0.2, -0.15) is 5.26 Å². The molecule has 0 spiro atoms. The number of fused-ring (bicyclic) bond motifs is 1. The van der Waals surface area contributed by atoms with Gasteiger partial charge in [0.05, 0.1) is 43.0 Å². The van der Waals surface area contributed by atoms with E-state index in [1.165, 1.54) is 19.1 Å². The Morgan fingerprint density at radius 1 is 1.00 bits per heavy atom. The second-order valence-corrected chi connectivity index (χ2v) is 8.27. The van der Waals surface area contributed by atoms with Gasteiger partial charge in [0.15, 0.2) is 5.78 Å². The number of nitriles is 1. The lowest BCUT2D eigenvalue weighted by atomic mass is 9.80. The van der Waals surface area contributed by atoms with Crippen LogP contribution in [0.5, 0.6) is 0 Å². The molecule has 0 bridgehead atoms. The monoisotopic (exact) mass is 471 g/mol. The number of carbonyl (C=O) groups excluding carboxylic acids is 3. The molecule has 2 aromatic carbocycles. The molecule has 2 aromatic rings. The summed E-state index contributed by atoms with van der Waals surface area (Å²) < 4.78 is 10.2. The van der Waals surface area contributed by atoms with Gasteiger partial charge >= 0.3 is 11.9 Å². The van der Waals surface area contributed by atoms with Crippen LogP contribution < -0.4 is 10.6 Å². The number of nitrogens with zero attached hydrogens (tertiary/aromatic N) is 2. The minimum atomic E-state index is -0.942. The van der Waals surface area contributed by atoms with E-state index >= 15 is 0 Å². The highest BCUT2D eigenvalue weighted by molar-refractivity contribution is 6.07. The molecule has 2 N–H and O–H groups in total. The number of hydrogen-bond donors (Lipinski definition) is 1. The van der Waals surface area contributed by atoms with Crippen LogP contribution in [0.2, 0.25) is 0 Å². The molecule has 8 nitrogen and oxygen atoms in total. The van der Waals surface area contributed by atoms with Gasteiger partial charge in [-0.05, 0) is 36.5 Å². The fraction of sp³-hybridized carbons (Fsp3) is 0.259. The summed E-state index contributed by atoms with van der Waals surface area (Å²) in [6.45, 7) is 0. The molecule has 4 rings (SSSR count). The molecule has 0 saturated carbocycles. The highest BCUT2D eigenvalue weighted by Crippen LogP contribution is 2.44. The van der Waals surface area contributed by atoms with E-state index in [0.29, 0.717) is 35.2 Å². The summed E-state index contributed by atoms with van der Waals surface area (Å²) in [5.41, 5.74) is 8.77. The number of nitrogens with two attached hydrogens (primary N) is 1. The Morgan fingerprint density at radius 3 is 2.34 bits per heavy atom. The Kier molecular flexibility index (Phi) is 6.69. The van der Waals surface area contributed by atoms with Gasteiger partial charge in [-0.1, -0.05) is 42.5 Å².